The number of aliphatic hydroxyl groups is 2. The molecule has 9 heteroatoms. The summed E-state index contributed by atoms with van der Waals surface area (Å²) in [6, 6.07) is 41.6. The monoisotopic (exact) mass is 1080 g/mol. The number of unbranched alkanes of at least 4 members (excludes halogenated alkanes) is 1. The molecule has 0 heterocycles. The molecule has 0 fully saturated rings. The number of benzene rings is 6. The number of hydrogen-bond donors (Lipinski definition) is 2. The summed E-state index contributed by atoms with van der Waals surface area (Å²) in [5, 5.41) is 18.2. The van der Waals surface area contributed by atoms with E-state index in [0.29, 0.717) is 47.0 Å². The predicted molar refractivity (Wildman–Crippen MR) is 327 cm³/mol. The first kappa shape index (κ1) is 70.0. The van der Waals surface area contributed by atoms with E-state index in [0.717, 1.165) is 71.3 Å². The predicted octanol–water partition coefficient (Wildman–Crippen LogP) is 18.8. The van der Waals surface area contributed by atoms with E-state index in [1.54, 1.807) is 33.5 Å². The maximum Gasteiger partial charge on any atom is 0.166 e. The molecule has 0 spiro atoms. The third kappa shape index (κ3) is 28.0. The number of halogens is 1. The van der Waals surface area contributed by atoms with E-state index in [9.17, 15) is 9.50 Å². The van der Waals surface area contributed by atoms with Gasteiger partial charge in [-0.25, -0.2) is 4.39 Å². The van der Waals surface area contributed by atoms with Crippen molar-refractivity contribution in [1.82, 2.24) is 0 Å². The maximum absolute atomic E-state index is 12.5. The highest BCUT2D eigenvalue weighted by Crippen LogP contribution is 2.35. The fourth-order valence-corrected chi connectivity index (χ4v) is 7.28. The minimum atomic E-state index is -0.147. The van der Waals surface area contributed by atoms with Gasteiger partial charge in [0.15, 0.2) is 11.5 Å². The minimum absolute atomic E-state index is 0.0416. The van der Waals surface area contributed by atoms with Gasteiger partial charge in [-0.05, 0) is 174 Å². The van der Waals surface area contributed by atoms with Crippen molar-refractivity contribution in [2.45, 2.75) is 185 Å². The van der Waals surface area contributed by atoms with Crippen LogP contribution in [0.1, 0.15) is 210 Å². The molecule has 6 aromatic rings. The van der Waals surface area contributed by atoms with Crippen LogP contribution in [0.15, 0.2) is 127 Å². The molecule has 6 aromatic carbocycles. The third-order valence-electron chi connectivity index (χ3n) is 12.2. The number of rotatable bonds is 20. The second-order valence-electron chi connectivity index (χ2n) is 21.3. The summed E-state index contributed by atoms with van der Waals surface area (Å²) >= 11 is 0. The van der Waals surface area contributed by atoms with Gasteiger partial charge in [0.1, 0.15) is 28.8 Å². The van der Waals surface area contributed by atoms with Gasteiger partial charge in [-0.3, -0.25) is 0 Å². The van der Waals surface area contributed by atoms with Gasteiger partial charge in [0, 0.05) is 5.56 Å². The van der Waals surface area contributed by atoms with Crippen LogP contribution in [-0.4, -0.2) is 50.9 Å². The molecule has 0 amide bonds. The van der Waals surface area contributed by atoms with Gasteiger partial charge in [-0.15, -0.1) is 0 Å². The highest BCUT2D eigenvalue weighted by atomic mass is 19.1. The molecular weight excluding hydrogens is 976 g/mol. The van der Waals surface area contributed by atoms with Crippen molar-refractivity contribution in [3.8, 4) is 34.5 Å². The Kier molecular flexibility index (Phi) is 35.3. The van der Waals surface area contributed by atoms with E-state index in [1.807, 2.05) is 74.5 Å². The molecule has 78 heavy (non-hydrogen) atoms. The molecule has 0 radical (unpaired) electrons. The molecule has 6 rings (SSSR count). The normalized spacial score (nSPS) is 10.6. The Morgan fingerprint density at radius 2 is 0.885 bits per heavy atom. The van der Waals surface area contributed by atoms with Crippen LogP contribution in [0.2, 0.25) is 0 Å². The van der Waals surface area contributed by atoms with Crippen LogP contribution in [0.4, 0.5) is 4.39 Å². The highest BCUT2D eigenvalue weighted by molar-refractivity contribution is 5.50. The molecule has 0 unspecified atom stereocenters. The van der Waals surface area contributed by atoms with Gasteiger partial charge >= 0.3 is 0 Å². The lowest BCUT2D eigenvalue weighted by Gasteiger charge is -2.15. The Balaban J connectivity index is 0.000000470. The molecule has 0 aliphatic rings. The van der Waals surface area contributed by atoms with Crippen molar-refractivity contribution in [3.63, 3.8) is 0 Å². The van der Waals surface area contributed by atoms with Crippen LogP contribution in [0.25, 0.3) is 0 Å². The van der Waals surface area contributed by atoms with Gasteiger partial charge in [-0.1, -0.05) is 158 Å². The first-order valence-corrected chi connectivity index (χ1v) is 28.2. The van der Waals surface area contributed by atoms with Crippen molar-refractivity contribution in [1.29, 1.82) is 0 Å². The summed E-state index contributed by atoms with van der Waals surface area (Å²) < 4.78 is 44.8. The van der Waals surface area contributed by atoms with E-state index in [4.69, 9.17) is 33.5 Å². The molecule has 0 saturated carbocycles. The minimum Gasteiger partial charge on any atom is -0.497 e. The molecule has 0 aliphatic heterocycles. The summed E-state index contributed by atoms with van der Waals surface area (Å²) in [6.45, 7) is 35.8. The summed E-state index contributed by atoms with van der Waals surface area (Å²) in [5.41, 5.74) is 9.12. The fourth-order valence-electron chi connectivity index (χ4n) is 7.28. The average molecular weight is 1080 g/mol. The van der Waals surface area contributed by atoms with Gasteiger partial charge < -0.3 is 38.6 Å². The third-order valence-corrected chi connectivity index (χ3v) is 12.2. The zero-order valence-corrected chi connectivity index (χ0v) is 51.3. The van der Waals surface area contributed by atoms with E-state index >= 15 is 0 Å². The van der Waals surface area contributed by atoms with Crippen molar-refractivity contribution < 1.29 is 43.0 Å². The first-order chi connectivity index (χ1) is 37.1. The molecule has 0 aliphatic carbocycles. The molecule has 432 valence electrons. The maximum atomic E-state index is 12.5. The van der Waals surface area contributed by atoms with Crippen molar-refractivity contribution >= 4 is 0 Å². The lowest BCUT2D eigenvalue weighted by Crippen LogP contribution is -2.05. The Hall–Kier alpha value is -6.03. The Morgan fingerprint density at radius 3 is 1.28 bits per heavy atom. The number of methoxy groups -OCH3 is 3. The second-order valence-corrected chi connectivity index (χ2v) is 21.3. The van der Waals surface area contributed by atoms with Crippen LogP contribution in [0.5, 0.6) is 34.5 Å². The van der Waals surface area contributed by atoms with Crippen LogP contribution in [0.3, 0.4) is 0 Å². The van der Waals surface area contributed by atoms with Crippen molar-refractivity contribution in [2.75, 3.05) is 34.5 Å². The highest BCUT2D eigenvalue weighted by Gasteiger charge is 2.13. The Labute approximate surface area is 472 Å². The van der Waals surface area contributed by atoms with Crippen LogP contribution < -0.4 is 28.4 Å². The van der Waals surface area contributed by atoms with E-state index in [1.165, 1.54) is 34.7 Å². The van der Waals surface area contributed by atoms with Crippen molar-refractivity contribution in [3.05, 3.63) is 178 Å². The first-order valence-electron chi connectivity index (χ1n) is 28.2. The van der Waals surface area contributed by atoms with Crippen LogP contribution in [0, 0.1) is 5.82 Å². The van der Waals surface area contributed by atoms with E-state index in [2.05, 4.69) is 145 Å². The van der Waals surface area contributed by atoms with Gasteiger partial charge in [0.05, 0.1) is 53.9 Å². The lowest BCUT2D eigenvalue weighted by molar-refractivity contribution is 0.242. The smallest absolute Gasteiger partial charge is 0.166 e. The zero-order chi connectivity index (χ0) is 58.7. The quantitative estimate of drug-likeness (QED) is 0.0730. The summed E-state index contributed by atoms with van der Waals surface area (Å²) in [7, 11) is 4.82. The van der Waals surface area contributed by atoms with Crippen LogP contribution >= 0.6 is 0 Å². The SMILES string of the molecule is CC(C)Oc1cccc(C(C)C)c1.CC(C)c1cccc(F)c1.CCCCOc1ccc(C(C)C)cc1.CCCOc1ccc(C(C)C)cc1.COc1cc(C(C)C)cc(CO)c1OC.COc1cc(CO)cc(C(C)C)c1. The molecular formula is C69H101FO8. The summed E-state index contributed by atoms with van der Waals surface area (Å²) in [6.07, 6.45) is 3.63. The second kappa shape index (κ2) is 39.3. The van der Waals surface area contributed by atoms with E-state index < -0.39 is 0 Å². The largest absolute Gasteiger partial charge is 0.497 e. The van der Waals surface area contributed by atoms with Crippen LogP contribution in [-0.2, 0) is 13.2 Å². The zero-order valence-electron chi connectivity index (χ0n) is 51.3. The summed E-state index contributed by atoms with van der Waals surface area (Å²) in [5.74, 6) is 7.93. The number of ether oxygens (including phenoxy) is 6. The molecule has 2 N–H and O–H groups in total. The van der Waals surface area contributed by atoms with E-state index in [-0.39, 0.29) is 25.1 Å². The molecule has 8 nitrogen and oxygen atoms in total. The molecule has 0 saturated heterocycles. The lowest BCUT2D eigenvalue weighted by atomic mass is 10.00. The Bertz CT molecular complexity index is 2430. The molecule has 0 bridgehead atoms. The topological polar surface area (TPSA) is 95.8 Å². The van der Waals surface area contributed by atoms with Gasteiger partial charge in [0.25, 0.3) is 0 Å². The van der Waals surface area contributed by atoms with Gasteiger partial charge in [0.2, 0.25) is 0 Å². The molecule has 0 aromatic heterocycles. The Morgan fingerprint density at radius 1 is 0.410 bits per heavy atom. The summed E-state index contributed by atoms with van der Waals surface area (Å²) in [4.78, 5) is 0. The fraction of sp³-hybridized carbons (Fsp3) is 0.478. The number of hydrogen-bond acceptors (Lipinski definition) is 8. The van der Waals surface area contributed by atoms with Gasteiger partial charge in [-0.2, -0.15) is 0 Å². The average Bonchev–Trinajstić information content (AvgIpc) is 3.43. The molecule has 0 atom stereocenters. The standard InChI is InChI=1S/C13H20O.C12H18O3.2C12H18O.C11H16O2.C9H11F/c1-4-5-10-14-13-8-6-12(7-9-13)11(2)3;1-8(2)9-5-10(7-13)12(15-4)11(6-9)14-3;1-9(2)11-6-5-7-12(8-11)13-10(3)4;1-4-9-13-12-7-5-11(6-8-12)10(2)3;1-8(2)10-4-9(7-12)5-11(6-10)13-3;1-7(2)8-4-3-5-9(10)6-8/h6-9,11H,4-5,10H2,1-3H3;5-6,8,13H,7H2,1-4H3;5-10H,1-4H3;5-8,10H,4,9H2,1-3H3;4-6,8,12H,7H2,1-3H3;3-7H,1-2H3. The van der Waals surface area contributed by atoms with Crippen molar-refractivity contribution in [2.24, 2.45) is 0 Å². The number of aliphatic hydroxyl groups excluding tert-OH is 2.